The number of hydrogen-bond acceptors (Lipinski definition) is 3. The first-order valence-corrected chi connectivity index (χ1v) is 6.76. The molecule has 20 heavy (non-hydrogen) atoms. The zero-order chi connectivity index (χ0) is 14.7. The minimum Gasteiger partial charge on any atom is -0.393 e. The molecule has 4 N–H and O–H groups in total. The molecule has 0 aliphatic rings. The lowest BCUT2D eigenvalue weighted by Crippen LogP contribution is -2.22. The number of benzene rings is 2. The van der Waals surface area contributed by atoms with Crippen LogP contribution in [0.15, 0.2) is 36.4 Å². The normalized spacial score (nSPS) is 12.3. The van der Waals surface area contributed by atoms with Crippen molar-refractivity contribution in [3.8, 4) is 0 Å². The lowest BCUT2D eigenvalue weighted by atomic mass is 10.0. The maximum Gasteiger partial charge on any atom is 0.123 e. The van der Waals surface area contributed by atoms with Crippen molar-refractivity contribution in [2.75, 3.05) is 18.5 Å². The number of nitrogen functional groups attached to an aromatic ring is 1. The monoisotopic (exact) mass is 271 g/mol. The number of aliphatic hydroxyl groups is 1. The second-order valence-electron chi connectivity index (χ2n) is 5.15. The average Bonchev–Trinajstić information content (AvgIpc) is 2.43. The topological polar surface area (TPSA) is 73.3 Å². The van der Waals surface area contributed by atoms with Crippen molar-refractivity contribution in [2.45, 2.75) is 19.4 Å². The van der Waals surface area contributed by atoms with Crippen LogP contribution in [-0.2, 0) is 0 Å². The Hall–Kier alpha value is -2.07. The van der Waals surface area contributed by atoms with Crippen LogP contribution in [0.1, 0.15) is 18.9 Å². The highest BCUT2D eigenvalue weighted by Crippen LogP contribution is 2.29. The Morgan fingerprint density at radius 2 is 1.90 bits per heavy atom. The SMILES string of the molecule is CC(O)CCN(C)c1ccc(C(=N)N)c2ccccc12. The summed E-state index contributed by atoms with van der Waals surface area (Å²) in [5.41, 5.74) is 7.49. The van der Waals surface area contributed by atoms with Crippen molar-refractivity contribution < 1.29 is 5.11 Å². The smallest absolute Gasteiger partial charge is 0.123 e. The molecule has 1 unspecified atom stereocenters. The third-order valence-electron chi connectivity index (χ3n) is 3.48. The van der Waals surface area contributed by atoms with E-state index in [1.165, 1.54) is 0 Å². The molecule has 0 aliphatic carbocycles. The zero-order valence-corrected chi connectivity index (χ0v) is 11.9. The molecule has 4 nitrogen and oxygen atoms in total. The number of aliphatic hydroxyl groups excluding tert-OH is 1. The molecule has 106 valence electrons. The zero-order valence-electron chi connectivity index (χ0n) is 11.9. The predicted molar refractivity (Wildman–Crippen MR) is 84.5 cm³/mol. The number of nitrogens with one attached hydrogen (secondary N) is 1. The van der Waals surface area contributed by atoms with Crippen molar-refractivity contribution in [3.63, 3.8) is 0 Å². The minimum absolute atomic E-state index is 0.0828. The molecule has 2 aromatic rings. The van der Waals surface area contributed by atoms with E-state index in [9.17, 15) is 5.11 Å². The van der Waals surface area contributed by atoms with Gasteiger partial charge in [0.2, 0.25) is 0 Å². The lowest BCUT2D eigenvalue weighted by molar-refractivity contribution is 0.187. The molecule has 2 rings (SSSR count). The van der Waals surface area contributed by atoms with E-state index in [1.54, 1.807) is 6.92 Å². The minimum atomic E-state index is -0.305. The summed E-state index contributed by atoms with van der Waals surface area (Å²) in [7, 11) is 2.01. The lowest BCUT2D eigenvalue weighted by Gasteiger charge is -2.22. The molecule has 4 heteroatoms. The van der Waals surface area contributed by atoms with E-state index in [2.05, 4.69) is 4.90 Å². The van der Waals surface area contributed by atoms with Crippen molar-refractivity contribution in [2.24, 2.45) is 5.73 Å². The largest absolute Gasteiger partial charge is 0.393 e. The Morgan fingerprint density at radius 1 is 1.25 bits per heavy atom. The van der Waals surface area contributed by atoms with Crippen LogP contribution in [0.25, 0.3) is 10.8 Å². The molecule has 0 saturated carbocycles. The first-order chi connectivity index (χ1) is 9.50. The van der Waals surface area contributed by atoms with Gasteiger partial charge in [0.25, 0.3) is 0 Å². The van der Waals surface area contributed by atoms with E-state index in [0.717, 1.165) is 35.0 Å². The summed E-state index contributed by atoms with van der Waals surface area (Å²) in [6, 6.07) is 11.8. The Morgan fingerprint density at radius 3 is 2.50 bits per heavy atom. The highest BCUT2D eigenvalue weighted by atomic mass is 16.3. The van der Waals surface area contributed by atoms with Gasteiger partial charge in [-0.3, -0.25) is 5.41 Å². The number of rotatable bonds is 5. The Balaban J connectivity index is 2.45. The van der Waals surface area contributed by atoms with Crippen LogP contribution in [0, 0.1) is 5.41 Å². The molecule has 0 saturated heterocycles. The molecule has 0 radical (unpaired) electrons. The van der Waals surface area contributed by atoms with Crippen LogP contribution >= 0.6 is 0 Å². The van der Waals surface area contributed by atoms with Crippen LogP contribution in [0.5, 0.6) is 0 Å². The summed E-state index contributed by atoms with van der Waals surface area (Å²) in [6.45, 7) is 2.58. The second-order valence-corrected chi connectivity index (χ2v) is 5.15. The Labute approximate surface area is 119 Å². The van der Waals surface area contributed by atoms with Gasteiger partial charge in [-0.05, 0) is 30.9 Å². The van der Waals surface area contributed by atoms with Crippen LogP contribution in [0.4, 0.5) is 5.69 Å². The molecule has 0 aliphatic heterocycles. The third-order valence-corrected chi connectivity index (χ3v) is 3.48. The first kappa shape index (κ1) is 14.3. The van der Waals surface area contributed by atoms with Gasteiger partial charge in [-0.1, -0.05) is 24.3 Å². The van der Waals surface area contributed by atoms with Crippen LogP contribution in [0.3, 0.4) is 0 Å². The average molecular weight is 271 g/mol. The fourth-order valence-corrected chi connectivity index (χ4v) is 2.35. The quantitative estimate of drug-likeness (QED) is 0.577. The van der Waals surface area contributed by atoms with Gasteiger partial charge in [-0.15, -0.1) is 0 Å². The van der Waals surface area contributed by atoms with Gasteiger partial charge in [0.1, 0.15) is 5.84 Å². The van der Waals surface area contributed by atoms with E-state index in [1.807, 2.05) is 43.4 Å². The summed E-state index contributed by atoms with van der Waals surface area (Å²) < 4.78 is 0. The Kier molecular flexibility index (Phi) is 4.25. The molecular formula is C16H21N3O. The molecule has 2 aromatic carbocycles. The van der Waals surface area contributed by atoms with Gasteiger partial charge < -0.3 is 15.7 Å². The van der Waals surface area contributed by atoms with Crippen molar-refractivity contribution >= 4 is 22.3 Å². The predicted octanol–water partition coefficient (Wildman–Crippen LogP) is 2.33. The molecule has 0 aromatic heterocycles. The summed E-state index contributed by atoms with van der Waals surface area (Å²) in [4.78, 5) is 2.12. The molecule has 0 amide bonds. The molecule has 0 heterocycles. The fourth-order valence-electron chi connectivity index (χ4n) is 2.35. The van der Waals surface area contributed by atoms with Crippen molar-refractivity contribution in [1.82, 2.24) is 0 Å². The van der Waals surface area contributed by atoms with Crippen LogP contribution in [-0.4, -0.2) is 30.6 Å². The number of nitrogens with zero attached hydrogens (tertiary/aromatic N) is 1. The maximum absolute atomic E-state index is 9.41. The summed E-state index contributed by atoms with van der Waals surface area (Å²) >= 11 is 0. The van der Waals surface area contributed by atoms with Crippen molar-refractivity contribution in [3.05, 3.63) is 42.0 Å². The summed E-state index contributed by atoms with van der Waals surface area (Å²) in [5, 5.41) is 19.1. The number of nitrogens with two attached hydrogens (primary N) is 1. The van der Waals surface area contributed by atoms with Gasteiger partial charge in [0, 0.05) is 30.2 Å². The second kappa shape index (κ2) is 5.92. The fraction of sp³-hybridized carbons (Fsp3) is 0.312. The van der Waals surface area contributed by atoms with Crippen LogP contribution in [0.2, 0.25) is 0 Å². The molecule has 0 bridgehead atoms. The number of hydrogen-bond donors (Lipinski definition) is 3. The van der Waals surface area contributed by atoms with E-state index < -0.39 is 0 Å². The van der Waals surface area contributed by atoms with E-state index in [4.69, 9.17) is 11.1 Å². The van der Waals surface area contributed by atoms with Gasteiger partial charge >= 0.3 is 0 Å². The Bertz CT molecular complexity index is 622. The van der Waals surface area contributed by atoms with Gasteiger partial charge in [0.15, 0.2) is 0 Å². The molecule has 1 atom stereocenters. The molecular weight excluding hydrogens is 250 g/mol. The highest BCUT2D eigenvalue weighted by Gasteiger charge is 2.11. The van der Waals surface area contributed by atoms with Gasteiger partial charge in [-0.2, -0.15) is 0 Å². The third kappa shape index (κ3) is 2.91. The first-order valence-electron chi connectivity index (χ1n) is 6.76. The van der Waals surface area contributed by atoms with Crippen molar-refractivity contribution in [1.29, 1.82) is 5.41 Å². The number of amidine groups is 1. The molecule has 0 fully saturated rings. The van der Waals surface area contributed by atoms with Crippen LogP contribution < -0.4 is 10.6 Å². The maximum atomic E-state index is 9.41. The number of fused-ring (bicyclic) bond motifs is 1. The number of anilines is 1. The van der Waals surface area contributed by atoms with Gasteiger partial charge in [-0.25, -0.2) is 0 Å². The summed E-state index contributed by atoms with van der Waals surface area (Å²) in [6.07, 6.45) is 0.416. The van der Waals surface area contributed by atoms with Gasteiger partial charge in [0.05, 0.1) is 6.10 Å². The molecule has 0 spiro atoms. The standard InChI is InChI=1S/C16H21N3O/c1-11(20)9-10-19(2)15-8-7-14(16(17)18)12-5-3-4-6-13(12)15/h3-8,11,20H,9-10H2,1-2H3,(H3,17,18). The van der Waals surface area contributed by atoms with E-state index >= 15 is 0 Å². The van der Waals surface area contributed by atoms with E-state index in [-0.39, 0.29) is 11.9 Å². The highest BCUT2D eigenvalue weighted by molar-refractivity contribution is 6.10. The summed E-state index contributed by atoms with van der Waals surface area (Å²) in [5.74, 6) is 0.0828. The van der Waals surface area contributed by atoms with E-state index in [0.29, 0.717) is 0 Å².